The van der Waals surface area contributed by atoms with Crippen LogP contribution in [0.3, 0.4) is 0 Å². The van der Waals surface area contributed by atoms with Crippen LogP contribution in [0.5, 0.6) is 0 Å². The van der Waals surface area contributed by atoms with Gasteiger partial charge in [-0.1, -0.05) is 44.5 Å². The predicted molar refractivity (Wildman–Crippen MR) is 121 cm³/mol. The molecule has 26 heavy (non-hydrogen) atoms. The third-order valence-corrected chi connectivity index (χ3v) is 6.14. The summed E-state index contributed by atoms with van der Waals surface area (Å²) in [5.41, 5.74) is 3.33. The Morgan fingerprint density at radius 3 is 2.27 bits per heavy atom. The van der Waals surface area contributed by atoms with E-state index in [9.17, 15) is 0 Å². The van der Waals surface area contributed by atoms with E-state index in [1.54, 1.807) is 0 Å². The average Bonchev–Trinajstić information content (AvgIpc) is 3.07. The first-order valence-corrected chi connectivity index (χ1v) is 9.94. The molecule has 1 aromatic rings. The van der Waals surface area contributed by atoms with Gasteiger partial charge in [0.1, 0.15) is 0 Å². The fourth-order valence-corrected chi connectivity index (χ4v) is 4.18. The van der Waals surface area contributed by atoms with Crippen LogP contribution < -0.4 is 5.32 Å². The van der Waals surface area contributed by atoms with Gasteiger partial charge in [-0.15, -0.1) is 24.0 Å². The Balaban J connectivity index is 0.00000243. The van der Waals surface area contributed by atoms with Crippen molar-refractivity contribution in [1.29, 1.82) is 0 Å². The Hall–Kier alpha value is -0.820. The zero-order chi connectivity index (χ0) is 17.7. The smallest absolute Gasteiger partial charge is 0.193 e. The SMILES string of the molecule is CCN(CC)Cc1ccc(CNC(=NC)N2CCC3(CCC3)C2)cc1.I. The zero-order valence-corrected chi connectivity index (χ0v) is 19.0. The third kappa shape index (κ3) is 5.12. The molecule has 1 spiro atoms. The fourth-order valence-electron chi connectivity index (χ4n) is 4.18. The van der Waals surface area contributed by atoms with E-state index in [0.29, 0.717) is 5.41 Å². The molecular formula is C21H35IN4. The van der Waals surface area contributed by atoms with Crippen LogP contribution in [0.2, 0.25) is 0 Å². The monoisotopic (exact) mass is 470 g/mol. The van der Waals surface area contributed by atoms with Gasteiger partial charge in [0.05, 0.1) is 0 Å². The molecular weight excluding hydrogens is 435 g/mol. The second kappa shape index (κ2) is 9.93. The van der Waals surface area contributed by atoms with E-state index in [-0.39, 0.29) is 24.0 Å². The van der Waals surface area contributed by atoms with Gasteiger partial charge in [0.15, 0.2) is 5.96 Å². The fraction of sp³-hybridized carbons (Fsp3) is 0.667. The minimum absolute atomic E-state index is 0. The van der Waals surface area contributed by atoms with Crippen LogP contribution >= 0.6 is 24.0 Å². The molecule has 0 unspecified atom stereocenters. The lowest BCUT2D eigenvalue weighted by atomic mass is 9.68. The van der Waals surface area contributed by atoms with Crippen molar-refractivity contribution in [2.75, 3.05) is 33.2 Å². The van der Waals surface area contributed by atoms with Crippen LogP contribution in [0, 0.1) is 5.41 Å². The topological polar surface area (TPSA) is 30.9 Å². The molecule has 4 nitrogen and oxygen atoms in total. The van der Waals surface area contributed by atoms with Crippen molar-refractivity contribution in [2.24, 2.45) is 10.4 Å². The van der Waals surface area contributed by atoms with Gasteiger partial charge in [-0.3, -0.25) is 9.89 Å². The highest BCUT2D eigenvalue weighted by Gasteiger charge is 2.43. The second-order valence-corrected chi connectivity index (χ2v) is 7.70. The van der Waals surface area contributed by atoms with E-state index in [1.807, 2.05) is 7.05 Å². The van der Waals surface area contributed by atoms with Crippen LogP contribution in [0.25, 0.3) is 0 Å². The highest BCUT2D eigenvalue weighted by Crippen LogP contribution is 2.47. The van der Waals surface area contributed by atoms with Gasteiger partial charge in [0.25, 0.3) is 0 Å². The van der Waals surface area contributed by atoms with Crippen molar-refractivity contribution in [3.63, 3.8) is 0 Å². The molecule has 1 aliphatic carbocycles. The molecule has 3 rings (SSSR count). The van der Waals surface area contributed by atoms with Gasteiger partial charge in [-0.2, -0.15) is 0 Å². The van der Waals surface area contributed by atoms with Crippen molar-refractivity contribution in [3.05, 3.63) is 35.4 Å². The highest BCUT2D eigenvalue weighted by atomic mass is 127. The number of aliphatic imine (C=N–C) groups is 1. The van der Waals surface area contributed by atoms with Crippen molar-refractivity contribution in [2.45, 2.75) is 52.6 Å². The zero-order valence-electron chi connectivity index (χ0n) is 16.6. The van der Waals surface area contributed by atoms with E-state index in [4.69, 9.17) is 0 Å². The van der Waals surface area contributed by atoms with E-state index in [1.165, 1.54) is 43.4 Å². The highest BCUT2D eigenvalue weighted by molar-refractivity contribution is 14.0. The molecule has 1 saturated heterocycles. The Morgan fingerprint density at radius 2 is 1.77 bits per heavy atom. The van der Waals surface area contributed by atoms with Crippen molar-refractivity contribution >= 4 is 29.9 Å². The molecule has 1 aliphatic heterocycles. The summed E-state index contributed by atoms with van der Waals surface area (Å²) in [6, 6.07) is 9.02. The van der Waals surface area contributed by atoms with Crippen molar-refractivity contribution in [3.8, 4) is 0 Å². The molecule has 0 atom stereocenters. The summed E-state index contributed by atoms with van der Waals surface area (Å²) >= 11 is 0. The van der Waals surface area contributed by atoms with Crippen LogP contribution in [0.15, 0.2) is 29.3 Å². The molecule has 0 amide bonds. The van der Waals surface area contributed by atoms with E-state index in [2.05, 4.69) is 58.2 Å². The number of nitrogens with one attached hydrogen (secondary N) is 1. The summed E-state index contributed by atoms with van der Waals surface area (Å²) in [7, 11) is 1.90. The summed E-state index contributed by atoms with van der Waals surface area (Å²) in [4.78, 5) is 9.41. The first-order chi connectivity index (χ1) is 12.2. The number of guanidine groups is 1. The van der Waals surface area contributed by atoms with Gasteiger partial charge in [0.2, 0.25) is 0 Å². The number of hydrogen-bond donors (Lipinski definition) is 1. The molecule has 5 heteroatoms. The summed E-state index contributed by atoms with van der Waals surface area (Å²) in [6.07, 6.45) is 5.58. The Labute approximate surface area is 176 Å². The first-order valence-electron chi connectivity index (χ1n) is 9.94. The molecule has 2 fully saturated rings. The standard InChI is InChI=1S/C21H34N4.HI/c1-4-24(5-2)16-19-9-7-18(8-10-19)15-23-20(22-3)25-14-13-21(17-25)11-6-12-21;/h7-10H,4-6,11-17H2,1-3H3,(H,22,23);1H. The van der Waals surface area contributed by atoms with Crippen LogP contribution in [-0.4, -0.2) is 49.0 Å². The molecule has 0 radical (unpaired) electrons. The summed E-state index contributed by atoms with van der Waals surface area (Å²) in [5.74, 6) is 1.07. The third-order valence-electron chi connectivity index (χ3n) is 6.14. The van der Waals surface area contributed by atoms with Gasteiger partial charge in [-0.25, -0.2) is 0 Å². The van der Waals surface area contributed by atoms with E-state index >= 15 is 0 Å². The summed E-state index contributed by atoms with van der Waals surface area (Å²) in [5, 5.41) is 3.56. The molecule has 1 aromatic carbocycles. The normalized spacial score (nSPS) is 18.8. The lowest BCUT2D eigenvalue weighted by molar-refractivity contribution is 0.151. The molecule has 146 valence electrons. The van der Waals surface area contributed by atoms with Gasteiger partial charge < -0.3 is 10.2 Å². The Bertz CT molecular complexity index is 576. The minimum Gasteiger partial charge on any atom is -0.352 e. The number of benzene rings is 1. The van der Waals surface area contributed by atoms with Crippen molar-refractivity contribution in [1.82, 2.24) is 15.1 Å². The van der Waals surface area contributed by atoms with Crippen LogP contribution in [-0.2, 0) is 13.1 Å². The number of hydrogen-bond acceptors (Lipinski definition) is 2. The maximum Gasteiger partial charge on any atom is 0.193 e. The molecule has 0 bridgehead atoms. The molecule has 1 N–H and O–H groups in total. The molecule has 0 aromatic heterocycles. The maximum absolute atomic E-state index is 4.51. The Kier molecular flexibility index (Phi) is 8.20. The number of rotatable bonds is 6. The first kappa shape index (κ1) is 21.5. The predicted octanol–water partition coefficient (Wildman–Crippen LogP) is 4.10. The Morgan fingerprint density at radius 1 is 1.12 bits per heavy atom. The maximum atomic E-state index is 4.51. The lowest BCUT2D eigenvalue weighted by Gasteiger charge is -2.38. The van der Waals surface area contributed by atoms with Gasteiger partial charge in [-0.05, 0) is 48.9 Å². The molecule has 1 heterocycles. The van der Waals surface area contributed by atoms with Crippen LogP contribution in [0.1, 0.15) is 50.7 Å². The lowest BCUT2D eigenvalue weighted by Crippen LogP contribution is -2.42. The van der Waals surface area contributed by atoms with E-state index < -0.39 is 0 Å². The van der Waals surface area contributed by atoms with Crippen molar-refractivity contribution < 1.29 is 0 Å². The van der Waals surface area contributed by atoms with E-state index in [0.717, 1.165) is 38.7 Å². The summed E-state index contributed by atoms with van der Waals surface area (Å²) in [6.45, 7) is 10.9. The summed E-state index contributed by atoms with van der Waals surface area (Å²) < 4.78 is 0. The number of nitrogens with zero attached hydrogens (tertiary/aromatic N) is 3. The average molecular weight is 470 g/mol. The number of halogens is 1. The number of likely N-dealkylation sites (tertiary alicyclic amines) is 1. The van der Waals surface area contributed by atoms with Gasteiger partial charge >= 0.3 is 0 Å². The largest absolute Gasteiger partial charge is 0.352 e. The second-order valence-electron chi connectivity index (χ2n) is 7.70. The molecule has 2 aliphatic rings. The quantitative estimate of drug-likeness (QED) is 0.386. The van der Waals surface area contributed by atoms with Gasteiger partial charge in [0, 0.05) is 33.2 Å². The molecule has 1 saturated carbocycles. The minimum atomic E-state index is 0. The van der Waals surface area contributed by atoms with Crippen LogP contribution in [0.4, 0.5) is 0 Å².